The van der Waals surface area contributed by atoms with Crippen LogP contribution in [-0.4, -0.2) is 51.1 Å². The Balaban J connectivity index is 1.28. The number of amidine groups is 1. The molecule has 1 aromatic carbocycles. The van der Waals surface area contributed by atoms with Crippen LogP contribution in [0.25, 0.3) is 0 Å². The summed E-state index contributed by atoms with van der Waals surface area (Å²) in [7, 11) is 0. The lowest BCUT2D eigenvalue weighted by molar-refractivity contribution is -0.121. The van der Waals surface area contributed by atoms with Gasteiger partial charge in [-0.05, 0) is 37.1 Å². The van der Waals surface area contributed by atoms with Crippen molar-refractivity contribution in [3.05, 3.63) is 40.9 Å². The van der Waals surface area contributed by atoms with Gasteiger partial charge in [-0.2, -0.15) is 4.99 Å². The molecule has 0 unspecified atom stereocenters. The van der Waals surface area contributed by atoms with Gasteiger partial charge in [-0.1, -0.05) is 32.5 Å². The maximum atomic E-state index is 12.5. The predicted molar refractivity (Wildman–Crippen MR) is 133 cm³/mol. The van der Waals surface area contributed by atoms with Gasteiger partial charge in [0.2, 0.25) is 5.91 Å². The van der Waals surface area contributed by atoms with E-state index < -0.39 is 5.25 Å². The number of hydrogen-bond donors (Lipinski definition) is 2. The number of benzene rings is 1. The van der Waals surface area contributed by atoms with Gasteiger partial charge >= 0.3 is 0 Å². The van der Waals surface area contributed by atoms with E-state index in [0.29, 0.717) is 16.4 Å². The van der Waals surface area contributed by atoms with Gasteiger partial charge in [0, 0.05) is 41.6 Å². The second kappa shape index (κ2) is 9.64. The van der Waals surface area contributed by atoms with E-state index in [1.54, 1.807) is 24.3 Å². The molecule has 1 saturated heterocycles. The minimum Gasteiger partial charge on any atom is -0.351 e. The molecule has 33 heavy (non-hydrogen) atoms. The quantitative estimate of drug-likeness (QED) is 0.660. The highest BCUT2D eigenvalue weighted by atomic mass is 32.2. The van der Waals surface area contributed by atoms with Gasteiger partial charge in [-0.15, -0.1) is 11.3 Å². The van der Waals surface area contributed by atoms with Crippen molar-refractivity contribution in [3.8, 4) is 0 Å². The summed E-state index contributed by atoms with van der Waals surface area (Å²) in [6, 6.07) is 6.64. The minimum atomic E-state index is -0.484. The molecule has 1 fully saturated rings. The molecule has 2 N–H and O–H groups in total. The number of carbonyl (C=O) groups excluding carboxylic acids is 3. The van der Waals surface area contributed by atoms with Crippen molar-refractivity contribution < 1.29 is 14.4 Å². The van der Waals surface area contributed by atoms with E-state index in [0.717, 1.165) is 36.8 Å². The lowest BCUT2D eigenvalue weighted by Crippen LogP contribution is -2.25. The highest BCUT2D eigenvalue weighted by Gasteiger charge is 2.33. The maximum absolute atomic E-state index is 12.5. The summed E-state index contributed by atoms with van der Waals surface area (Å²) in [5.41, 5.74) is 1.88. The van der Waals surface area contributed by atoms with Gasteiger partial charge in [0.1, 0.15) is 5.25 Å². The van der Waals surface area contributed by atoms with Gasteiger partial charge in [-0.25, -0.2) is 4.98 Å². The van der Waals surface area contributed by atoms with Crippen molar-refractivity contribution >= 4 is 56.8 Å². The maximum Gasteiger partial charge on any atom is 0.262 e. The van der Waals surface area contributed by atoms with Crippen LogP contribution in [0.3, 0.4) is 0 Å². The topological polar surface area (TPSA) is 104 Å². The van der Waals surface area contributed by atoms with Crippen LogP contribution < -0.4 is 10.6 Å². The van der Waals surface area contributed by atoms with Crippen LogP contribution in [0.5, 0.6) is 0 Å². The van der Waals surface area contributed by atoms with Crippen molar-refractivity contribution in [3.63, 3.8) is 0 Å². The number of anilines is 2. The van der Waals surface area contributed by atoms with Crippen LogP contribution >= 0.6 is 23.1 Å². The van der Waals surface area contributed by atoms with Crippen LogP contribution in [-0.2, 0) is 15.0 Å². The van der Waals surface area contributed by atoms with Gasteiger partial charge in [0.15, 0.2) is 10.3 Å². The first-order valence-corrected chi connectivity index (χ1v) is 12.7. The Morgan fingerprint density at radius 2 is 1.82 bits per heavy atom. The van der Waals surface area contributed by atoms with E-state index >= 15 is 0 Å². The summed E-state index contributed by atoms with van der Waals surface area (Å²) >= 11 is 2.77. The van der Waals surface area contributed by atoms with Crippen LogP contribution in [0.4, 0.5) is 10.8 Å². The number of carbonyl (C=O) groups is 3. The summed E-state index contributed by atoms with van der Waals surface area (Å²) in [6.07, 6.45) is 2.27. The van der Waals surface area contributed by atoms with Crippen molar-refractivity contribution in [1.29, 1.82) is 0 Å². The third kappa shape index (κ3) is 5.80. The summed E-state index contributed by atoms with van der Waals surface area (Å²) in [5.74, 6) is -0.767. The molecule has 0 saturated carbocycles. The Bertz CT molecular complexity index is 1080. The number of aromatic nitrogens is 1. The Kier molecular flexibility index (Phi) is 6.85. The van der Waals surface area contributed by atoms with Gasteiger partial charge in [-0.3, -0.25) is 19.7 Å². The molecule has 1 aromatic heterocycles. The number of rotatable bonds is 5. The van der Waals surface area contributed by atoms with Crippen LogP contribution in [0.1, 0.15) is 56.1 Å². The molecule has 8 nitrogen and oxygen atoms in total. The zero-order chi connectivity index (χ0) is 23.6. The Labute approximate surface area is 201 Å². The van der Waals surface area contributed by atoms with E-state index in [-0.39, 0.29) is 29.6 Å². The summed E-state index contributed by atoms with van der Waals surface area (Å²) in [6.45, 7) is 8.04. The first kappa shape index (κ1) is 23.4. The number of nitrogens with zero attached hydrogens (tertiary/aromatic N) is 3. The van der Waals surface area contributed by atoms with Crippen LogP contribution in [0, 0.1) is 0 Å². The molecule has 2 aliphatic heterocycles. The molecule has 2 aliphatic rings. The normalized spacial score (nSPS) is 18.4. The van der Waals surface area contributed by atoms with Gasteiger partial charge in [0.25, 0.3) is 11.8 Å². The molecule has 3 heterocycles. The lowest BCUT2D eigenvalue weighted by Gasteiger charge is -2.16. The fraction of sp³-hybridized carbons (Fsp3) is 0.435. The van der Waals surface area contributed by atoms with Crippen LogP contribution in [0.15, 0.2) is 34.6 Å². The smallest absolute Gasteiger partial charge is 0.262 e. The first-order chi connectivity index (χ1) is 15.7. The van der Waals surface area contributed by atoms with E-state index in [9.17, 15) is 14.4 Å². The number of likely N-dealkylation sites (tertiary alicyclic amines) is 1. The second-order valence-electron chi connectivity index (χ2n) is 9.10. The van der Waals surface area contributed by atoms with E-state index in [1.165, 1.54) is 23.1 Å². The fourth-order valence-corrected chi connectivity index (χ4v) is 5.53. The molecule has 174 valence electrons. The lowest BCUT2D eigenvalue weighted by atomic mass is 9.93. The third-order valence-corrected chi connectivity index (χ3v) is 7.37. The molecular formula is C23H27N5O3S2. The molecule has 0 aliphatic carbocycles. The summed E-state index contributed by atoms with van der Waals surface area (Å²) in [5, 5.41) is 8.36. The number of aliphatic imine (C=N–C) groups is 1. The number of thioether (sulfide) groups is 1. The zero-order valence-electron chi connectivity index (χ0n) is 18.9. The fourth-order valence-electron chi connectivity index (χ4n) is 3.48. The van der Waals surface area contributed by atoms with Gasteiger partial charge < -0.3 is 10.2 Å². The third-order valence-electron chi connectivity index (χ3n) is 5.40. The van der Waals surface area contributed by atoms with Crippen molar-refractivity contribution in [2.24, 2.45) is 4.99 Å². The Hall–Kier alpha value is -2.72. The van der Waals surface area contributed by atoms with Crippen LogP contribution in [0.2, 0.25) is 0 Å². The summed E-state index contributed by atoms with van der Waals surface area (Å²) in [4.78, 5) is 47.9. The minimum absolute atomic E-state index is 0.0622. The van der Waals surface area contributed by atoms with Crippen molar-refractivity contribution in [2.45, 2.75) is 50.7 Å². The Morgan fingerprint density at radius 3 is 2.45 bits per heavy atom. The SMILES string of the molecule is CC(C)(C)c1csc(NC(=O)c2ccc(NC(=O)C[C@H]3SC(N4CCCC4)=NC3=O)cc2)n1. The number of thiazole rings is 1. The van der Waals surface area contributed by atoms with Crippen molar-refractivity contribution in [1.82, 2.24) is 9.88 Å². The molecule has 10 heteroatoms. The number of hydrogen-bond acceptors (Lipinski definition) is 7. The molecule has 0 spiro atoms. The van der Waals surface area contributed by atoms with Gasteiger partial charge in [0.05, 0.1) is 5.69 Å². The average Bonchev–Trinajstić information content (AvgIpc) is 3.50. The predicted octanol–water partition coefficient (Wildman–Crippen LogP) is 4.12. The molecule has 3 amide bonds. The summed E-state index contributed by atoms with van der Waals surface area (Å²) < 4.78 is 0. The molecule has 1 atom stereocenters. The molecule has 0 radical (unpaired) electrons. The monoisotopic (exact) mass is 485 g/mol. The molecule has 0 bridgehead atoms. The highest BCUT2D eigenvalue weighted by molar-refractivity contribution is 8.15. The number of amides is 3. The number of nitrogens with one attached hydrogen (secondary N) is 2. The molecule has 4 rings (SSSR count). The average molecular weight is 486 g/mol. The standard InChI is InChI=1S/C23H27N5O3S2/c1-23(2,3)17-13-32-21(25-17)26-19(30)14-6-8-15(9-7-14)24-18(29)12-16-20(31)27-22(33-16)28-10-4-5-11-28/h6-9,13,16H,4-5,10-12H2,1-3H3,(H,24,29)(H,25,26,30)/t16-/m1/s1. The largest absolute Gasteiger partial charge is 0.351 e. The highest BCUT2D eigenvalue weighted by Crippen LogP contribution is 2.29. The van der Waals surface area contributed by atoms with E-state index in [1.807, 2.05) is 5.38 Å². The Morgan fingerprint density at radius 1 is 1.12 bits per heavy atom. The van der Waals surface area contributed by atoms with Crippen molar-refractivity contribution in [2.75, 3.05) is 23.7 Å². The van der Waals surface area contributed by atoms with E-state index in [2.05, 4.69) is 46.3 Å². The van der Waals surface area contributed by atoms with E-state index in [4.69, 9.17) is 0 Å². The zero-order valence-corrected chi connectivity index (χ0v) is 20.5. The second-order valence-corrected chi connectivity index (χ2v) is 11.1. The molecule has 2 aromatic rings. The molecular weight excluding hydrogens is 458 g/mol. The first-order valence-electron chi connectivity index (χ1n) is 10.9.